The minimum absolute atomic E-state index is 0.380. The lowest BCUT2D eigenvalue weighted by Crippen LogP contribution is -2.58. The molecule has 0 radical (unpaired) electrons. The van der Waals surface area contributed by atoms with Crippen LogP contribution in [0, 0.1) is 0 Å². The van der Waals surface area contributed by atoms with Gasteiger partial charge in [0, 0.05) is 52.4 Å². The van der Waals surface area contributed by atoms with E-state index in [1.807, 2.05) is 20.8 Å². The van der Waals surface area contributed by atoms with E-state index in [-0.39, 0.29) is 11.6 Å². The van der Waals surface area contributed by atoms with Crippen LogP contribution in [0.2, 0.25) is 0 Å². The maximum Gasteiger partial charge on any atom is 0.408 e. The summed E-state index contributed by atoms with van der Waals surface area (Å²) in [5, 5.41) is 9.88. The monoisotopic (exact) mass is 412 g/mol. The lowest BCUT2D eigenvalue weighted by molar-refractivity contribution is 0.0448. The van der Waals surface area contributed by atoms with Gasteiger partial charge in [0.25, 0.3) is 0 Å². The Bertz CT molecular complexity index is 520. The molecule has 3 N–H and O–H groups in total. The van der Waals surface area contributed by atoms with Crippen LogP contribution in [0.15, 0.2) is 4.99 Å². The third-order valence-corrected chi connectivity index (χ3v) is 5.66. The average molecular weight is 413 g/mol. The molecular weight excluding hydrogens is 368 g/mol. The summed E-state index contributed by atoms with van der Waals surface area (Å²) in [5.74, 6) is 0.753. The van der Waals surface area contributed by atoms with Gasteiger partial charge in [0.15, 0.2) is 5.96 Å². The highest BCUT2D eigenvalue weighted by Crippen LogP contribution is 2.16. The predicted molar refractivity (Wildman–Crippen MR) is 121 cm³/mol. The Morgan fingerprint density at radius 1 is 1.10 bits per heavy atom. The van der Waals surface area contributed by atoms with E-state index in [2.05, 4.69) is 58.6 Å². The SMILES string of the molecule is CCC(CC)(CNC(=NC)NCC(C)N1CCN(C)CC1)NC(=O)OC(C)(C)C. The molecule has 1 heterocycles. The molecule has 1 rings (SSSR count). The van der Waals surface area contributed by atoms with Crippen LogP contribution in [0.1, 0.15) is 54.4 Å². The molecule has 0 spiro atoms. The van der Waals surface area contributed by atoms with Crippen molar-refractivity contribution >= 4 is 12.1 Å². The lowest BCUT2D eigenvalue weighted by atomic mass is 9.93. The molecule has 0 aromatic rings. The van der Waals surface area contributed by atoms with Crippen molar-refractivity contribution in [3.8, 4) is 0 Å². The Balaban J connectivity index is 2.55. The molecule has 1 saturated heterocycles. The van der Waals surface area contributed by atoms with Crippen molar-refractivity contribution in [1.82, 2.24) is 25.8 Å². The quantitative estimate of drug-likeness (QED) is 0.417. The summed E-state index contributed by atoms with van der Waals surface area (Å²) >= 11 is 0. The van der Waals surface area contributed by atoms with E-state index in [1.165, 1.54) is 0 Å². The van der Waals surface area contributed by atoms with Crippen molar-refractivity contribution in [2.45, 2.75) is 71.6 Å². The van der Waals surface area contributed by atoms with Crippen LogP contribution >= 0.6 is 0 Å². The molecule has 0 aromatic carbocycles. The van der Waals surface area contributed by atoms with Crippen LogP contribution in [0.5, 0.6) is 0 Å². The Morgan fingerprint density at radius 2 is 1.69 bits per heavy atom. The zero-order valence-corrected chi connectivity index (χ0v) is 19.9. The van der Waals surface area contributed by atoms with Gasteiger partial charge in [0.1, 0.15) is 5.60 Å². The largest absolute Gasteiger partial charge is 0.444 e. The van der Waals surface area contributed by atoms with Crippen molar-refractivity contribution in [3.05, 3.63) is 0 Å². The smallest absolute Gasteiger partial charge is 0.408 e. The van der Waals surface area contributed by atoms with Crippen molar-refractivity contribution in [2.24, 2.45) is 4.99 Å². The Kier molecular flexibility index (Phi) is 10.2. The summed E-state index contributed by atoms with van der Waals surface area (Å²) in [6, 6.07) is 0.434. The molecule has 8 heteroatoms. The number of rotatable bonds is 8. The number of alkyl carbamates (subject to hydrolysis) is 1. The number of carbonyl (C=O) groups excluding carboxylic acids is 1. The Morgan fingerprint density at radius 3 is 2.17 bits per heavy atom. The summed E-state index contributed by atoms with van der Waals surface area (Å²) in [4.78, 5) is 21.5. The molecule has 170 valence electrons. The molecular formula is C21H44N6O2. The van der Waals surface area contributed by atoms with Gasteiger partial charge in [-0.15, -0.1) is 0 Å². The van der Waals surface area contributed by atoms with Gasteiger partial charge in [-0.05, 0) is 47.6 Å². The second-order valence-corrected chi connectivity index (χ2v) is 9.11. The standard InChI is InChI=1S/C21H44N6O2/c1-9-21(10-2,25-19(28)29-20(4,5)6)16-24-18(22-7)23-15-17(3)27-13-11-26(8)12-14-27/h17H,9-16H2,1-8H3,(H,25,28)(H2,22,23,24). The van der Waals surface area contributed by atoms with Crippen LogP contribution in [0.25, 0.3) is 0 Å². The molecule has 1 amide bonds. The maximum absolute atomic E-state index is 12.3. The maximum atomic E-state index is 12.3. The highest BCUT2D eigenvalue weighted by atomic mass is 16.6. The number of likely N-dealkylation sites (N-methyl/N-ethyl adjacent to an activating group) is 1. The van der Waals surface area contributed by atoms with Crippen LogP contribution in [0.3, 0.4) is 0 Å². The van der Waals surface area contributed by atoms with E-state index < -0.39 is 5.60 Å². The molecule has 1 aliphatic rings. The first-order valence-electron chi connectivity index (χ1n) is 10.9. The van der Waals surface area contributed by atoms with E-state index in [0.717, 1.165) is 51.5 Å². The van der Waals surface area contributed by atoms with Gasteiger partial charge in [0.05, 0.1) is 5.54 Å². The first-order chi connectivity index (χ1) is 13.5. The lowest BCUT2D eigenvalue weighted by Gasteiger charge is -2.37. The number of nitrogens with zero attached hydrogens (tertiary/aromatic N) is 3. The van der Waals surface area contributed by atoms with Gasteiger partial charge in [-0.1, -0.05) is 13.8 Å². The summed E-state index contributed by atoms with van der Waals surface area (Å²) in [6.07, 6.45) is 1.21. The predicted octanol–water partition coefficient (Wildman–Crippen LogP) is 1.87. The van der Waals surface area contributed by atoms with Gasteiger partial charge in [-0.2, -0.15) is 0 Å². The van der Waals surface area contributed by atoms with Gasteiger partial charge in [-0.3, -0.25) is 9.89 Å². The van der Waals surface area contributed by atoms with E-state index >= 15 is 0 Å². The zero-order valence-electron chi connectivity index (χ0n) is 19.9. The molecule has 1 fully saturated rings. The number of amides is 1. The molecule has 0 bridgehead atoms. The number of ether oxygens (including phenoxy) is 1. The molecule has 1 aliphatic heterocycles. The van der Waals surface area contributed by atoms with Gasteiger partial charge in [0.2, 0.25) is 0 Å². The van der Waals surface area contributed by atoms with Gasteiger partial charge < -0.3 is 25.6 Å². The van der Waals surface area contributed by atoms with E-state index in [4.69, 9.17) is 4.74 Å². The van der Waals surface area contributed by atoms with Gasteiger partial charge in [-0.25, -0.2) is 4.79 Å². The molecule has 1 unspecified atom stereocenters. The number of guanidine groups is 1. The molecule has 0 aliphatic carbocycles. The fraction of sp³-hybridized carbons (Fsp3) is 0.905. The van der Waals surface area contributed by atoms with Crippen LogP contribution in [-0.4, -0.2) is 92.4 Å². The van der Waals surface area contributed by atoms with E-state index in [1.54, 1.807) is 7.05 Å². The number of hydrogen-bond donors (Lipinski definition) is 3. The summed E-state index contributed by atoms with van der Waals surface area (Å²) in [5.41, 5.74) is -0.898. The third-order valence-electron chi connectivity index (χ3n) is 5.66. The Hall–Kier alpha value is -1.54. The minimum atomic E-state index is -0.512. The number of carbonyl (C=O) groups is 1. The number of aliphatic imine (C=N–C) groups is 1. The first-order valence-corrected chi connectivity index (χ1v) is 10.9. The van der Waals surface area contributed by atoms with Crippen molar-refractivity contribution in [1.29, 1.82) is 0 Å². The first kappa shape index (κ1) is 25.5. The van der Waals surface area contributed by atoms with Crippen molar-refractivity contribution in [3.63, 3.8) is 0 Å². The molecule has 8 nitrogen and oxygen atoms in total. The summed E-state index contributed by atoms with van der Waals surface area (Å²) in [7, 11) is 3.95. The van der Waals surface area contributed by atoms with E-state index in [0.29, 0.717) is 12.6 Å². The van der Waals surface area contributed by atoms with E-state index in [9.17, 15) is 4.79 Å². The highest BCUT2D eigenvalue weighted by molar-refractivity contribution is 5.80. The third kappa shape index (κ3) is 9.21. The summed E-state index contributed by atoms with van der Waals surface area (Å²) < 4.78 is 5.45. The normalized spacial score (nSPS) is 18.3. The summed E-state index contributed by atoms with van der Waals surface area (Å²) in [6.45, 7) is 17.9. The van der Waals surface area contributed by atoms with Crippen LogP contribution in [0.4, 0.5) is 4.79 Å². The fourth-order valence-electron chi connectivity index (χ4n) is 3.35. The number of nitrogens with one attached hydrogen (secondary N) is 3. The molecule has 0 aromatic heterocycles. The molecule has 0 saturated carbocycles. The van der Waals surface area contributed by atoms with Crippen molar-refractivity contribution in [2.75, 3.05) is 53.4 Å². The topological polar surface area (TPSA) is 81.2 Å². The zero-order chi connectivity index (χ0) is 22.1. The Labute approximate surface area is 177 Å². The van der Waals surface area contributed by atoms with Gasteiger partial charge >= 0.3 is 6.09 Å². The van der Waals surface area contributed by atoms with Crippen molar-refractivity contribution < 1.29 is 9.53 Å². The second kappa shape index (κ2) is 11.6. The van der Waals surface area contributed by atoms with Crippen LogP contribution in [-0.2, 0) is 4.74 Å². The number of hydrogen-bond acceptors (Lipinski definition) is 5. The fourth-order valence-corrected chi connectivity index (χ4v) is 3.35. The minimum Gasteiger partial charge on any atom is -0.444 e. The molecule has 1 atom stereocenters. The highest BCUT2D eigenvalue weighted by Gasteiger charge is 2.30. The second-order valence-electron chi connectivity index (χ2n) is 9.11. The van der Waals surface area contributed by atoms with Crippen LogP contribution < -0.4 is 16.0 Å². The molecule has 29 heavy (non-hydrogen) atoms. The average Bonchev–Trinajstić information content (AvgIpc) is 2.66. The number of piperazine rings is 1.